The Morgan fingerprint density at radius 2 is 2.19 bits per heavy atom. The van der Waals surface area contributed by atoms with Gasteiger partial charge in [-0.15, -0.1) is 0 Å². The van der Waals surface area contributed by atoms with Crippen molar-refractivity contribution in [1.82, 2.24) is 14.5 Å². The second-order valence-electron chi connectivity index (χ2n) is 7.23. The van der Waals surface area contributed by atoms with Crippen LogP contribution in [0.15, 0.2) is 36.9 Å². The van der Waals surface area contributed by atoms with E-state index in [1.54, 1.807) is 17.4 Å². The van der Waals surface area contributed by atoms with E-state index in [-0.39, 0.29) is 12.5 Å². The van der Waals surface area contributed by atoms with Crippen molar-refractivity contribution in [2.24, 2.45) is 0 Å². The van der Waals surface area contributed by atoms with Crippen molar-refractivity contribution < 1.29 is 14.6 Å². The minimum Gasteiger partial charge on any atom is -0.491 e. The molecule has 0 bridgehead atoms. The van der Waals surface area contributed by atoms with Crippen LogP contribution < -0.4 is 4.74 Å². The third-order valence-corrected chi connectivity index (χ3v) is 5.04. The summed E-state index contributed by atoms with van der Waals surface area (Å²) in [6.07, 6.45) is 7.08. The number of amides is 1. The van der Waals surface area contributed by atoms with Gasteiger partial charge in [-0.25, -0.2) is 4.98 Å². The third kappa shape index (κ3) is 4.64. The number of nitrogens with zero attached hydrogens (tertiary/aromatic N) is 3. The highest BCUT2D eigenvalue weighted by Crippen LogP contribution is 2.24. The van der Waals surface area contributed by atoms with Gasteiger partial charge in [0.15, 0.2) is 0 Å². The predicted molar refractivity (Wildman–Crippen MR) is 99.0 cm³/mol. The second kappa shape index (κ2) is 7.91. The smallest absolute Gasteiger partial charge is 0.224 e. The number of carbonyl (C=O) groups is 1. The number of carbonyl (C=O) groups excluding carboxylic acids is 1. The molecule has 1 saturated heterocycles. The summed E-state index contributed by atoms with van der Waals surface area (Å²) >= 11 is 0. The van der Waals surface area contributed by atoms with Crippen LogP contribution in [0.5, 0.6) is 5.75 Å². The molecule has 0 aliphatic carbocycles. The Kier molecular flexibility index (Phi) is 5.61. The first-order valence-electron chi connectivity index (χ1n) is 9.11. The number of benzene rings is 1. The van der Waals surface area contributed by atoms with Crippen molar-refractivity contribution >= 4 is 5.91 Å². The molecule has 1 aromatic heterocycles. The zero-order valence-electron chi connectivity index (χ0n) is 15.5. The molecule has 1 unspecified atom stereocenters. The van der Waals surface area contributed by atoms with Crippen molar-refractivity contribution in [3.8, 4) is 5.75 Å². The van der Waals surface area contributed by atoms with Gasteiger partial charge in [-0.2, -0.15) is 0 Å². The molecule has 0 saturated carbocycles. The largest absolute Gasteiger partial charge is 0.491 e. The molecule has 140 valence electrons. The maximum atomic E-state index is 12.5. The highest BCUT2D eigenvalue weighted by atomic mass is 16.5. The van der Waals surface area contributed by atoms with E-state index in [0.29, 0.717) is 32.5 Å². The van der Waals surface area contributed by atoms with E-state index in [1.807, 2.05) is 35.9 Å². The summed E-state index contributed by atoms with van der Waals surface area (Å²) in [5, 5.41) is 10.9. The molecule has 1 aliphatic rings. The fraction of sp³-hybridized carbons (Fsp3) is 0.500. The lowest BCUT2D eigenvalue weighted by Crippen LogP contribution is -2.53. The molecule has 1 aromatic carbocycles. The van der Waals surface area contributed by atoms with Gasteiger partial charge in [-0.3, -0.25) is 4.79 Å². The van der Waals surface area contributed by atoms with E-state index >= 15 is 0 Å². The Labute approximate surface area is 154 Å². The van der Waals surface area contributed by atoms with Gasteiger partial charge in [0.05, 0.1) is 12.9 Å². The van der Waals surface area contributed by atoms with Crippen LogP contribution >= 0.6 is 0 Å². The van der Waals surface area contributed by atoms with E-state index in [0.717, 1.165) is 17.7 Å². The maximum absolute atomic E-state index is 12.5. The first-order chi connectivity index (χ1) is 12.5. The summed E-state index contributed by atoms with van der Waals surface area (Å²) in [6, 6.07) is 5.92. The molecule has 26 heavy (non-hydrogen) atoms. The van der Waals surface area contributed by atoms with Crippen LogP contribution in [0.3, 0.4) is 0 Å². The van der Waals surface area contributed by atoms with Gasteiger partial charge < -0.3 is 19.3 Å². The van der Waals surface area contributed by atoms with Gasteiger partial charge in [0.1, 0.15) is 18.0 Å². The number of β-amino-alcohol motifs (C(OH)–C–C–N with tert-alkyl or cyclic N) is 1. The fourth-order valence-electron chi connectivity index (χ4n) is 3.27. The molecule has 6 nitrogen and oxygen atoms in total. The van der Waals surface area contributed by atoms with E-state index in [2.05, 4.69) is 11.9 Å². The van der Waals surface area contributed by atoms with E-state index in [4.69, 9.17) is 4.74 Å². The number of piperidine rings is 1. The summed E-state index contributed by atoms with van der Waals surface area (Å²) in [7, 11) is 0. The normalized spacial score (nSPS) is 20.2. The average Bonchev–Trinajstić information content (AvgIpc) is 3.14. The van der Waals surface area contributed by atoms with Gasteiger partial charge in [0, 0.05) is 31.9 Å². The summed E-state index contributed by atoms with van der Waals surface area (Å²) in [5.41, 5.74) is 1.37. The molecule has 1 atom stereocenters. The first-order valence-corrected chi connectivity index (χ1v) is 9.11. The molecule has 3 rings (SSSR count). The molecule has 1 amide bonds. The number of aromatic nitrogens is 2. The topological polar surface area (TPSA) is 67.6 Å². The van der Waals surface area contributed by atoms with Crippen LogP contribution in [0.2, 0.25) is 0 Å². The highest BCUT2D eigenvalue weighted by molar-refractivity contribution is 5.76. The molecular formula is C20H27N3O3. The lowest BCUT2D eigenvalue weighted by molar-refractivity contribution is -0.140. The van der Waals surface area contributed by atoms with Crippen LogP contribution in [0, 0.1) is 13.8 Å². The van der Waals surface area contributed by atoms with E-state index in [1.165, 1.54) is 5.56 Å². The molecule has 1 N–H and O–H groups in total. The van der Waals surface area contributed by atoms with E-state index in [9.17, 15) is 9.90 Å². The standard InChI is InChI=1S/C20H27N3O3/c1-16-4-5-18(12-17(16)2)26-14-20(25)7-3-9-23(13-20)19(24)6-10-22-11-8-21-15-22/h4-5,8,11-12,15,25H,3,6-7,9-10,13-14H2,1-2H3. The number of hydrogen-bond acceptors (Lipinski definition) is 4. The van der Waals surface area contributed by atoms with Crippen LogP contribution in [-0.2, 0) is 11.3 Å². The maximum Gasteiger partial charge on any atom is 0.224 e. The van der Waals surface area contributed by atoms with Crippen LogP contribution in [-0.4, -0.2) is 50.8 Å². The SMILES string of the molecule is Cc1ccc(OCC2(O)CCCN(C(=O)CCn3ccnc3)C2)cc1C. The molecule has 2 aromatic rings. The minimum atomic E-state index is -0.998. The Balaban J connectivity index is 1.53. The van der Waals surface area contributed by atoms with Gasteiger partial charge in [0.2, 0.25) is 5.91 Å². The zero-order chi connectivity index (χ0) is 18.6. The van der Waals surface area contributed by atoms with Crippen molar-refractivity contribution in [2.75, 3.05) is 19.7 Å². The van der Waals surface area contributed by atoms with E-state index < -0.39 is 5.60 Å². The second-order valence-corrected chi connectivity index (χ2v) is 7.23. The van der Waals surface area contributed by atoms with Crippen molar-refractivity contribution in [1.29, 1.82) is 0 Å². The summed E-state index contributed by atoms with van der Waals surface area (Å²) in [6.45, 7) is 5.91. The average molecular weight is 357 g/mol. The number of ether oxygens (including phenoxy) is 1. The third-order valence-electron chi connectivity index (χ3n) is 5.04. The molecule has 1 aliphatic heterocycles. The van der Waals surface area contributed by atoms with Gasteiger partial charge in [-0.05, 0) is 49.9 Å². The molecule has 0 spiro atoms. The highest BCUT2D eigenvalue weighted by Gasteiger charge is 2.35. The number of hydrogen-bond donors (Lipinski definition) is 1. The fourth-order valence-corrected chi connectivity index (χ4v) is 3.27. The molecule has 0 radical (unpaired) electrons. The van der Waals surface area contributed by atoms with Gasteiger partial charge >= 0.3 is 0 Å². The number of aryl methyl sites for hydroxylation is 3. The van der Waals surface area contributed by atoms with Crippen molar-refractivity contribution in [2.45, 2.75) is 45.3 Å². The van der Waals surface area contributed by atoms with Crippen LogP contribution in [0.1, 0.15) is 30.4 Å². The summed E-state index contributed by atoms with van der Waals surface area (Å²) in [5.74, 6) is 0.813. The Morgan fingerprint density at radius 3 is 2.92 bits per heavy atom. The monoisotopic (exact) mass is 357 g/mol. The van der Waals surface area contributed by atoms with Gasteiger partial charge in [-0.1, -0.05) is 6.07 Å². The van der Waals surface area contributed by atoms with Crippen LogP contribution in [0.4, 0.5) is 0 Å². The van der Waals surface area contributed by atoms with Crippen LogP contribution in [0.25, 0.3) is 0 Å². The number of aliphatic hydroxyl groups is 1. The van der Waals surface area contributed by atoms with Gasteiger partial charge in [0.25, 0.3) is 0 Å². The van der Waals surface area contributed by atoms with Crippen molar-refractivity contribution in [3.05, 3.63) is 48.0 Å². The number of imidazole rings is 1. The zero-order valence-corrected chi connectivity index (χ0v) is 15.5. The quantitative estimate of drug-likeness (QED) is 0.862. The molecule has 2 heterocycles. The molecule has 6 heteroatoms. The summed E-state index contributed by atoms with van der Waals surface area (Å²) < 4.78 is 7.72. The minimum absolute atomic E-state index is 0.0583. The Morgan fingerprint density at radius 1 is 1.35 bits per heavy atom. The summed E-state index contributed by atoms with van der Waals surface area (Å²) in [4.78, 5) is 18.2. The predicted octanol–water partition coefficient (Wildman–Crippen LogP) is 2.32. The Hall–Kier alpha value is -2.34. The lowest BCUT2D eigenvalue weighted by atomic mass is 9.93. The lowest BCUT2D eigenvalue weighted by Gasteiger charge is -2.39. The first kappa shape index (κ1) is 18.5. The number of rotatable bonds is 6. The molecule has 1 fully saturated rings. The molecular weight excluding hydrogens is 330 g/mol. The Bertz CT molecular complexity index is 745. The number of likely N-dealkylation sites (tertiary alicyclic amines) is 1. The van der Waals surface area contributed by atoms with Crippen molar-refractivity contribution in [3.63, 3.8) is 0 Å².